The summed E-state index contributed by atoms with van der Waals surface area (Å²) in [6, 6.07) is 5.94. The number of benzene rings is 1. The summed E-state index contributed by atoms with van der Waals surface area (Å²) < 4.78 is 0. The zero-order chi connectivity index (χ0) is 17.2. The molecule has 3 nitrogen and oxygen atoms in total. The van der Waals surface area contributed by atoms with Crippen molar-refractivity contribution in [3.63, 3.8) is 0 Å². The highest BCUT2D eigenvalue weighted by Crippen LogP contribution is 2.31. The molecule has 128 valence electrons. The van der Waals surface area contributed by atoms with Crippen LogP contribution in [0.2, 0.25) is 10.0 Å². The van der Waals surface area contributed by atoms with Gasteiger partial charge in [-0.25, -0.2) is 0 Å². The third-order valence-electron chi connectivity index (χ3n) is 3.97. The van der Waals surface area contributed by atoms with Gasteiger partial charge in [-0.3, -0.25) is 4.79 Å². The Balaban J connectivity index is 2.86. The monoisotopic (exact) mass is 357 g/mol. The molecule has 1 aromatic carbocycles. The quantitative estimate of drug-likeness (QED) is 0.418. The maximum Gasteiger partial charge on any atom is 0.304 e. The minimum Gasteiger partial charge on any atom is -0.481 e. The van der Waals surface area contributed by atoms with Gasteiger partial charge in [-0.05, 0) is 49.3 Å². The summed E-state index contributed by atoms with van der Waals surface area (Å²) >= 11 is 12.2. The van der Waals surface area contributed by atoms with Gasteiger partial charge in [0.25, 0.3) is 0 Å². The first-order valence-corrected chi connectivity index (χ1v) is 8.76. The van der Waals surface area contributed by atoms with Crippen LogP contribution in [0.15, 0.2) is 30.9 Å². The minimum atomic E-state index is -0.787. The number of nitrogens with one attached hydrogen (secondary N) is 1. The molecule has 0 saturated heterocycles. The van der Waals surface area contributed by atoms with Gasteiger partial charge in [-0.15, -0.1) is 6.58 Å². The van der Waals surface area contributed by atoms with Crippen LogP contribution in [0.1, 0.15) is 50.5 Å². The van der Waals surface area contributed by atoms with Gasteiger partial charge in [-0.1, -0.05) is 42.3 Å². The number of carboxylic acid groups (broad SMARTS) is 1. The van der Waals surface area contributed by atoms with Crippen molar-refractivity contribution in [2.24, 2.45) is 0 Å². The van der Waals surface area contributed by atoms with E-state index >= 15 is 0 Å². The van der Waals surface area contributed by atoms with Crippen LogP contribution in [-0.2, 0) is 4.79 Å². The van der Waals surface area contributed by atoms with Crippen molar-refractivity contribution in [3.05, 3.63) is 46.5 Å². The summed E-state index contributed by atoms with van der Waals surface area (Å²) in [5, 5.41) is 13.3. The van der Waals surface area contributed by atoms with Crippen LogP contribution in [0.3, 0.4) is 0 Å². The van der Waals surface area contributed by atoms with Crippen molar-refractivity contribution in [2.75, 3.05) is 6.54 Å². The van der Waals surface area contributed by atoms with Gasteiger partial charge in [0.15, 0.2) is 0 Å². The van der Waals surface area contributed by atoms with E-state index in [1.54, 1.807) is 0 Å². The fourth-order valence-corrected chi connectivity index (χ4v) is 3.09. The molecule has 0 spiro atoms. The van der Waals surface area contributed by atoms with Crippen LogP contribution in [-0.4, -0.2) is 23.7 Å². The lowest BCUT2D eigenvalue weighted by molar-refractivity contribution is -0.136. The number of carboxylic acids is 1. The third-order valence-corrected chi connectivity index (χ3v) is 4.71. The molecule has 0 bridgehead atoms. The maximum atomic E-state index is 10.7. The number of carbonyl (C=O) groups is 1. The molecule has 1 aromatic rings. The molecule has 0 aliphatic rings. The van der Waals surface area contributed by atoms with Crippen LogP contribution >= 0.6 is 23.2 Å². The van der Waals surface area contributed by atoms with E-state index in [2.05, 4.69) is 18.8 Å². The Morgan fingerprint density at radius 2 is 2.13 bits per heavy atom. The highest BCUT2D eigenvalue weighted by atomic mass is 35.5. The Labute approximate surface area is 148 Å². The molecular formula is C18H25Cl2NO2. The first-order valence-electron chi connectivity index (χ1n) is 8.00. The summed E-state index contributed by atoms with van der Waals surface area (Å²) in [6.45, 7) is 6.35. The van der Waals surface area contributed by atoms with Crippen molar-refractivity contribution in [1.82, 2.24) is 5.32 Å². The van der Waals surface area contributed by atoms with Crippen LogP contribution < -0.4 is 5.32 Å². The summed E-state index contributed by atoms with van der Waals surface area (Å²) in [4.78, 5) is 10.7. The molecule has 0 fully saturated rings. The molecule has 0 amide bonds. The standard InChI is InChI=1S/C18H25Cl2NO2/c1-3-5-6-7-17(21-11-10-18(22)23)14(4-2)13-8-9-15(19)16(20)12-13/h3,8-9,12,14,17,21H,1,4-7,10-11H2,2H3,(H,22,23). The Morgan fingerprint density at radius 3 is 2.70 bits per heavy atom. The number of allylic oxidation sites excluding steroid dienone is 1. The van der Waals surface area contributed by atoms with Gasteiger partial charge >= 0.3 is 5.97 Å². The summed E-state index contributed by atoms with van der Waals surface area (Å²) in [5.74, 6) is -0.520. The molecule has 2 atom stereocenters. The number of aliphatic carboxylic acids is 1. The predicted molar refractivity (Wildman–Crippen MR) is 97.6 cm³/mol. The van der Waals surface area contributed by atoms with E-state index in [0.29, 0.717) is 16.6 Å². The molecule has 23 heavy (non-hydrogen) atoms. The predicted octanol–water partition coefficient (Wildman–Crippen LogP) is 5.28. The number of rotatable bonds is 11. The topological polar surface area (TPSA) is 49.3 Å². The Morgan fingerprint density at radius 1 is 1.39 bits per heavy atom. The highest BCUT2D eigenvalue weighted by molar-refractivity contribution is 6.42. The molecule has 0 saturated carbocycles. The summed E-state index contributed by atoms with van der Waals surface area (Å²) in [7, 11) is 0. The summed E-state index contributed by atoms with van der Waals surface area (Å²) in [6.07, 6.45) is 5.91. The van der Waals surface area contributed by atoms with Gasteiger partial charge in [0.2, 0.25) is 0 Å². The second kappa shape index (κ2) is 10.7. The van der Waals surface area contributed by atoms with Gasteiger partial charge in [0, 0.05) is 12.6 Å². The second-order valence-electron chi connectivity index (χ2n) is 5.61. The van der Waals surface area contributed by atoms with Gasteiger partial charge in [0.1, 0.15) is 0 Å². The third kappa shape index (κ3) is 6.94. The van der Waals surface area contributed by atoms with Crippen molar-refractivity contribution in [1.29, 1.82) is 0 Å². The number of hydrogen-bond acceptors (Lipinski definition) is 2. The molecule has 0 aliphatic heterocycles. The highest BCUT2D eigenvalue weighted by Gasteiger charge is 2.21. The Kier molecular flexibility index (Phi) is 9.30. The molecule has 5 heteroatoms. The van der Waals surface area contributed by atoms with Gasteiger partial charge < -0.3 is 10.4 Å². The smallest absolute Gasteiger partial charge is 0.304 e. The number of hydrogen-bond donors (Lipinski definition) is 2. The SMILES string of the molecule is C=CCCCC(NCCC(=O)O)C(CC)c1ccc(Cl)c(Cl)c1. The van der Waals surface area contributed by atoms with Crippen LogP contribution in [0, 0.1) is 0 Å². The van der Waals surface area contributed by atoms with E-state index < -0.39 is 5.97 Å². The number of halogens is 2. The maximum absolute atomic E-state index is 10.7. The Bertz CT molecular complexity index is 520. The minimum absolute atomic E-state index is 0.121. The van der Waals surface area contributed by atoms with Crippen LogP contribution in [0.25, 0.3) is 0 Å². The second-order valence-corrected chi connectivity index (χ2v) is 6.43. The first kappa shape index (κ1) is 20.0. The van der Waals surface area contributed by atoms with Crippen molar-refractivity contribution in [2.45, 2.75) is 51.0 Å². The average molecular weight is 358 g/mol. The molecule has 0 radical (unpaired) electrons. The van der Waals surface area contributed by atoms with E-state index in [0.717, 1.165) is 31.2 Å². The van der Waals surface area contributed by atoms with Crippen molar-refractivity contribution in [3.8, 4) is 0 Å². The molecule has 2 unspecified atom stereocenters. The zero-order valence-electron chi connectivity index (χ0n) is 13.5. The molecule has 2 N–H and O–H groups in total. The van der Waals surface area contributed by atoms with Crippen LogP contribution in [0.4, 0.5) is 0 Å². The van der Waals surface area contributed by atoms with Crippen molar-refractivity contribution >= 4 is 29.2 Å². The first-order chi connectivity index (χ1) is 11.0. The molecular weight excluding hydrogens is 333 g/mol. The fourth-order valence-electron chi connectivity index (χ4n) is 2.79. The molecule has 0 heterocycles. The fraction of sp³-hybridized carbons (Fsp3) is 0.500. The molecule has 1 rings (SSSR count). The van der Waals surface area contributed by atoms with E-state index in [4.69, 9.17) is 28.3 Å². The molecule has 0 aromatic heterocycles. The largest absolute Gasteiger partial charge is 0.481 e. The Hall–Kier alpha value is -1.03. The van der Waals surface area contributed by atoms with Crippen LogP contribution in [0.5, 0.6) is 0 Å². The van der Waals surface area contributed by atoms with Crippen molar-refractivity contribution < 1.29 is 9.90 Å². The zero-order valence-corrected chi connectivity index (χ0v) is 15.0. The normalized spacial score (nSPS) is 13.5. The number of unbranched alkanes of at least 4 members (excludes halogenated alkanes) is 1. The average Bonchev–Trinajstić information content (AvgIpc) is 2.51. The van der Waals surface area contributed by atoms with Gasteiger partial charge in [-0.2, -0.15) is 0 Å². The van der Waals surface area contributed by atoms with E-state index in [9.17, 15) is 4.79 Å². The summed E-state index contributed by atoms with van der Waals surface area (Å²) in [5.41, 5.74) is 1.13. The van der Waals surface area contributed by atoms with E-state index in [-0.39, 0.29) is 18.4 Å². The van der Waals surface area contributed by atoms with E-state index in [1.165, 1.54) is 0 Å². The lowest BCUT2D eigenvalue weighted by Gasteiger charge is -2.28. The van der Waals surface area contributed by atoms with Gasteiger partial charge in [0.05, 0.1) is 16.5 Å². The van der Waals surface area contributed by atoms with E-state index in [1.807, 2.05) is 24.3 Å². The molecule has 0 aliphatic carbocycles. The lowest BCUT2D eigenvalue weighted by Crippen LogP contribution is -2.36. The lowest BCUT2D eigenvalue weighted by atomic mass is 9.86.